The third-order valence-corrected chi connectivity index (χ3v) is 7.26. The Labute approximate surface area is 208 Å². The van der Waals surface area contributed by atoms with Gasteiger partial charge in [-0.25, -0.2) is 4.99 Å². The summed E-state index contributed by atoms with van der Waals surface area (Å²) >= 11 is 1.86. The van der Waals surface area contributed by atoms with Crippen LogP contribution in [0.1, 0.15) is 37.0 Å². The first kappa shape index (κ1) is 26.3. The van der Waals surface area contributed by atoms with Gasteiger partial charge in [-0.15, -0.1) is 35.3 Å². The third-order valence-electron chi connectivity index (χ3n) is 6.14. The van der Waals surface area contributed by atoms with Crippen LogP contribution in [0.2, 0.25) is 0 Å². The first-order chi connectivity index (χ1) is 14.6. The van der Waals surface area contributed by atoms with Gasteiger partial charge in [-0.1, -0.05) is 25.3 Å². The quantitative estimate of drug-likeness (QED) is 0.289. The number of thiophene rings is 1. The number of guanidine groups is 1. The van der Waals surface area contributed by atoms with Crippen LogP contribution < -0.4 is 10.6 Å². The lowest BCUT2D eigenvalue weighted by Crippen LogP contribution is -2.48. The summed E-state index contributed by atoms with van der Waals surface area (Å²) in [6.07, 6.45) is 6.28. The molecule has 2 aliphatic rings. The van der Waals surface area contributed by atoms with Crippen molar-refractivity contribution in [3.05, 3.63) is 22.4 Å². The summed E-state index contributed by atoms with van der Waals surface area (Å²) in [4.78, 5) is 22.1. The van der Waals surface area contributed by atoms with E-state index in [4.69, 9.17) is 4.74 Å². The lowest BCUT2D eigenvalue weighted by molar-refractivity contribution is -0.127. The number of hydrogen-bond acceptors (Lipinski definition) is 5. The number of morpholine rings is 1. The van der Waals surface area contributed by atoms with Gasteiger partial charge in [0.2, 0.25) is 5.91 Å². The van der Waals surface area contributed by atoms with Crippen molar-refractivity contribution in [2.24, 2.45) is 4.99 Å². The Morgan fingerprint density at radius 1 is 1.23 bits per heavy atom. The molecule has 1 aromatic rings. The molecule has 7 nitrogen and oxygen atoms in total. The lowest BCUT2D eigenvalue weighted by Gasteiger charge is -2.37. The first-order valence-corrected chi connectivity index (χ1v) is 12.0. The Morgan fingerprint density at radius 3 is 2.61 bits per heavy atom. The Morgan fingerprint density at radius 2 is 1.97 bits per heavy atom. The summed E-state index contributed by atoms with van der Waals surface area (Å²) in [6, 6.07) is 4.43. The SMILES string of the molecule is CN(C)C(=O)CN=C(NCCN1CCOCC1)NCC1(c2cccs2)CCCCC1.I. The predicted molar refractivity (Wildman–Crippen MR) is 139 cm³/mol. The fourth-order valence-corrected chi connectivity index (χ4v) is 5.18. The van der Waals surface area contributed by atoms with Crippen LogP contribution >= 0.6 is 35.3 Å². The molecular weight excluding hydrogens is 525 g/mol. The molecule has 1 amide bonds. The van der Waals surface area contributed by atoms with E-state index in [-0.39, 0.29) is 41.8 Å². The zero-order chi connectivity index (χ0) is 21.2. The maximum atomic E-state index is 12.1. The lowest BCUT2D eigenvalue weighted by atomic mass is 9.73. The van der Waals surface area contributed by atoms with E-state index in [0.29, 0.717) is 0 Å². The number of ether oxygens (including phenoxy) is 1. The number of aliphatic imine (C=N–C) groups is 1. The van der Waals surface area contributed by atoms with Crippen LogP contribution in [0.15, 0.2) is 22.5 Å². The predicted octanol–water partition coefficient (Wildman–Crippen LogP) is 2.52. The zero-order valence-corrected chi connectivity index (χ0v) is 22.0. The molecule has 176 valence electrons. The number of carbonyl (C=O) groups excluding carboxylic acids is 1. The Hall–Kier alpha value is -0.910. The summed E-state index contributed by atoms with van der Waals surface area (Å²) in [6.45, 7) is 6.32. The molecule has 0 spiro atoms. The number of rotatable bonds is 8. The largest absolute Gasteiger partial charge is 0.379 e. The summed E-state index contributed by atoms with van der Waals surface area (Å²) in [7, 11) is 3.54. The van der Waals surface area contributed by atoms with Crippen LogP contribution in [0.25, 0.3) is 0 Å². The van der Waals surface area contributed by atoms with Gasteiger partial charge in [0.25, 0.3) is 0 Å². The summed E-state index contributed by atoms with van der Waals surface area (Å²) in [5, 5.41) is 9.21. The highest BCUT2D eigenvalue weighted by molar-refractivity contribution is 14.0. The molecule has 2 fully saturated rings. The molecule has 0 bridgehead atoms. The van der Waals surface area contributed by atoms with E-state index >= 15 is 0 Å². The number of carbonyl (C=O) groups is 1. The second-order valence-corrected chi connectivity index (χ2v) is 9.45. The maximum absolute atomic E-state index is 12.1. The molecule has 1 aromatic heterocycles. The highest BCUT2D eigenvalue weighted by atomic mass is 127. The van der Waals surface area contributed by atoms with Crippen LogP contribution in [0.5, 0.6) is 0 Å². The van der Waals surface area contributed by atoms with Gasteiger partial charge in [-0.05, 0) is 24.3 Å². The van der Waals surface area contributed by atoms with Gasteiger partial charge in [-0.2, -0.15) is 0 Å². The molecule has 0 atom stereocenters. The molecular formula is C22H38IN5O2S. The molecule has 3 rings (SSSR count). The molecule has 1 saturated heterocycles. The van der Waals surface area contributed by atoms with Gasteiger partial charge in [0.1, 0.15) is 6.54 Å². The molecule has 1 saturated carbocycles. The Balaban J connectivity index is 0.00000341. The monoisotopic (exact) mass is 563 g/mol. The molecule has 2 heterocycles. The molecule has 1 aliphatic heterocycles. The average molecular weight is 564 g/mol. The number of likely N-dealkylation sites (N-methyl/N-ethyl adjacent to an activating group) is 1. The van der Waals surface area contributed by atoms with E-state index in [2.05, 4.69) is 38.0 Å². The van der Waals surface area contributed by atoms with Gasteiger partial charge >= 0.3 is 0 Å². The van der Waals surface area contributed by atoms with Crippen LogP contribution in [-0.2, 0) is 14.9 Å². The molecule has 0 radical (unpaired) electrons. The minimum absolute atomic E-state index is 0. The summed E-state index contributed by atoms with van der Waals surface area (Å²) in [5.74, 6) is 0.745. The minimum Gasteiger partial charge on any atom is -0.379 e. The van der Waals surface area contributed by atoms with Crippen molar-refractivity contribution < 1.29 is 9.53 Å². The number of nitrogens with one attached hydrogen (secondary N) is 2. The first-order valence-electron chi connectivity index (χ1n) is 11.2. The minimum atomic E-state index is 0. The van der Waals surface area contributed by atoms with Crippen molar-refractivity contribution in [1.82, 2.24) is 20.4 Å². The number of amides is 1. The Kier molecular flexibility index (Phi) is 11.6. The van der Waals surface area contributed by atoms with Gasteiger partial charge in [0, 0.05) is 57.1 Å². The van der Waals surface area contributed by atoms with E-state index < -0.39 is 0 Å². The smallest absolute Gasteiger partial charge is 0.243 e. The van der Waals surface area contributed by atoms with E-state index in [9.17, 15) is 4.79 Å². The Bertz CT molecular complexity index is 671. The van der Waals surface area contributed by atoms with Gasteiger partial charge < -0.3 is 20.3 Å². The average Bonchev–Trinajstić information content (AvgIpc) is 3.32. The van der Waals surface area contributed by atoms with Crippen molar-refractivity contribution >= 4 is 47.2 Å². The highest BCUT2D eigenvalue weighted by Crippen LogP contribution is 2.41. The van der Waals surface area contributed by atoms with Gasteiger partial charge in [-0.3, -0.25) is 9.69 Å². The van der Waals surface area contributed by atoms with Crippen molar-refractivity contribution in [2.75, 3.05) is 66.6 Å². The van der Waals surface area contributed by atoms with Crippen molar-refractivity contribution in [3.63, 3.8) is 0 Å². The number of nitrogens with zero attached hydrogens (tertiary/aromatic N) is 3. The molecule has 9 heteroatoms. The summed E-state index contributed by atoms with van der Waals surface area (Å²) in [5.41, 5.74) is 0.171. The van der Waals surface area contributed by atoms with Crippen molar-refractivity contribution in [1.29, 1.82) is 0 Å². The third kappa shape index (κ3) is 8.18. The highest BCUT2D eigenvalue weighted by Gasteiger charge is 2.34. The van der Waals surface area contributed by atoms with Gasteiger partial charge in [0.05, 0.1) is 13.2 Å². The topological polar surface area (TPSA) is 69.2 Å². The van der Waals surface area contributed by atoms with Gasteiger partial charge in [0.15, 0.2) is 5.96 Å². The van der Waals surface area contributed by atoms with Crippen molar-refractivity contribution in [2.45, 2.75) is 37.5 Å². The molecule has 0 aromatic carbocycles. The molecule has 31 heavy (non-hydrogen) atoms. The second kappa shape index (κ2) is 13.6. The fourth-order valence-electron chi connectivity index (χ4n) is 4.19. The maximum Gasteiger partial charge on any atom is 0.243 e. The van der Waals surface area contributed by atoms with Crippen LogP contribution in [-0.4, -0.2) is 88.2 Å². The molecule has 2 N–H and O–H groups in total. The second-order valence-electron chi connectivity index (χ2n) is 8.51. The van der Waals surface area contributed by atoms with Crippen molar-refractivity contribution in [3.8, 4) is 0 Å². The number of halogens is 1. The standard InChI is InChI=1S/C22H37N5O2S.HI/c1-26(2)20(28)17-24-21(23-10-11-27-12-14-29-15-13-27)25-18-22(8-4-3-5-9-22)19-7-6-16-30-19;/h6-7,16H,3-5,8-15,17-18H2,1-2H3,(H2,23,24,25);1H. The van der Waals surface area contributed by atoms with E-state index in [1.165, 1.54) is 37.0 Å². The number of hydrogen-bond donors (Lipinski definition) is 2. The fraction of sp³-hybridized carbons (Fsp3) is 0.727. The van der Waals surface area contributed by atoms with E-state index in [1.807, 2.05) is 11.3 Å². The molecule has 0 unspecified atom stereocenters. The molecule has 1 aliphatic carbocycles. The normalized spacial score (nSPS) is 19.4. The van der Waals surface area contributed by atoms with E-state index in [0.717, 1.165) is 51.9 Å². The zero-order valence-electron chi connectivity index (χ0n) is 18.9. The van der Waals surface area contributed by atoms with E-state index in [1.54, 1.807) is 19.0 Å². The summed E-state index contributed by atoms with van der Waals surface area (Å²) < 4.78 is 5.43. The van der Waals surface area contributed by atoms with Crippen LogP contribution in [0.4, 0.5) is 0 Å². The van der Waals surface area contributed by atoms with Crippen LogP contribution in [0, 0.1) is 0 Å². The van der Waals surface area contributed by atoms with Crippen LogP contribution in [0.3, 0.4) is 0 Å².